The SMILES string of the molecule is CCOC(=O)OCCCCCCCCCc1ccccc1. The Hall–Kier alpha value is -1.51. The molecule has 0 aromatic heterocycles. The van der Waals surface area contributed by atoms with Gasteiger partial charge in [0.05, 0.1) is 13.2 Å². The second-order valence-electron chi connectivity index (χ2n) is 5.24. The first-order chi connectivity index (χ1) is 10.3. The molecule has 0 radical (unpaired) electrons. The number of carbonyl (C=O) groups excluding carboxylic acids is 1. The molecule has 0 atom stereocenters. The fourth-order valence-electron chi connectivity index (χ4n) is 2.27. The van der Waals surface area contributed by atoms with Gasteiger partial charge in [0.25, 0.3) is 0 Å². The Labute approximate surface area is 128 Å². The van der Waals surface area contributed by atoms with Crippen molar-refractivity contribution in [3.63, 3.8) is 0 Å². The van der Waals surface area contributed by atoms with Crippen molar-refractivity contribution < 1.29 is 14.3 Å². The fraction of sp³-hybridized carbons (Fsp3) is 0.611. The Balaban J connectivity index is 1.82. The lowest BCUT2D eigenvalue weighted by Crippen LogP contribution is -2.07. The number of aryl methyl sites for hydroxylation is 1. The minimum absolute atomic E-state index is 0.377. The van der Waals surface area contributed by atoms with Gasteiger partial charge < -0.3 is 9.47 Å². The van der Waals surface area contributed by atoms with Gasteiger partial charge in [0.2, 0.25) is 0 Å². The predicted molar refractivity (Wildman–Crippen MR) is 85.4 cm³/mol. The second-order valence-corrected chi connectivity index (χ2v) is 5.24. The van der Waals surface area contributed by atoms with E-state index in [4.69, 9.17) is 4.74 Å². The number of benzene rings is 1. The third-order valence-electron chi connectivity index (χ3n) is 3.43. The lowest BCUT2D eigenvalue weighted by atomic mass is 10.0. The minimum atomic E-state index is -0.543. The largest absolute Gasteiger partial charge is 0.508 e. The van der Waals surface area contributed by atoms with Crippen LogP contribution in [0.5, 0.6) is 0 Å². The van der Waals surface area contributed by atoms with Crippen LogP contribution in [0.15, 0.2) is 30.3 Å². The summed E-state index contributed by atoms with van der Waals surface area (Å²) in [5.74, 6) is 0. The number of hydrogen-bond acceptors (Lipinski definition) is 3. The van der Waals surface area contributed by atoms with Crippen LogP contribution in [0.25, 0.3) is 0 Å². The van der Waals surface area contributed by atoms with Crippen molar-refractivity contribution in [3.05, 3.63) is 35.9 Å². The van der Waals surface area contributed by atoms with E-state index in [1.54, 1.807) is 6.92 Å². The van der Waals surface area contributed by atoms with Crippen LogP contribution in [-0.2, 0) is 15.9 Å². The monoisotopic (exact) mass is 292 g/mol. The Kier molecular flexibility index (Phi) is 10.2. The molecule has 0 N–H and O–H groups in total. The number of carbonyl (C=O) groups is 1. The summed E-state index contributed by atoms with van der Waals surface area (Å²) in [5.41, 5.74) is 1.44. The molecule has 0 saturated carbocycles. The molecule has 3 heteroatoms. The normalized spacial score (nSPS) is 10.3. The first-order valence-electron chi connectivity index (χ1n) is 8.16. The molecular weight excluding hydrogens is 264 g/mol. The van der Waals surface area contributed by atoms with E-state index in [9.17, 15) is 4.79 Å². The smallest absolute Gasteiger partial charge is 0.435 e. The molecule has 0 amide bonds. The van der Waals surface area contributed by atoms with Crippen LogP contribution in [0, 0.1) is 0 Å². The van der Waals surface area contributed by atoms with Crippen molar-refractivity contribution in [2.24, 2.45) is 0 Å². The highest BCUT2D eigenvalue weighted by Crippen LogP contribution is 2.10. The van der Waals surface area contributed by atoms with Crippen molar-refractivity contribution in [1.29, 1.82) is 0 Å². The Morgan fingerprint density at radius 3 is 2.14 bits per heavy atom. The van der Waals surface area contributed by atoms with E-state index in [1.807, 2.05) is 0 Å². The summed E-state index contributed by atoms with van der Waals surface area (Å²) in [6.07, 6.45) is 9.06. The number of unbranched alkanes of at least 4 members (excludes halogenated alkanes) is 6. The molecule has 0 saturated heterocycles. The topological polar surface area (TPSA) is 35.5 Å². The first kappa shape index (κ1) is 17.5. The summed E-state index contributed by atoms with van der Waals surface area (Å²) in [5, 5.41) is 0. The van der Waals surface area contributed by atoms with Gasteiger partial charge in [-0.05, 0) is 31.7 Å². The highest BCUT2D eigenvalue weighted by Gasteiger charge is 2.00. The van der Waals surface area contributed by atoms with Gasteiger partial charge in [-0.2, -0.15) is 0 Å². The number of hydrogen-bond donors (Lipinski definition) is 0. The zero-order valence-electron chi connectivity index (χ0n) is 13.2. The zero-order chi connectivity index (χ0) is 15.2. The lowest BCUT2D eigenvalue weighted by Gasteiger charge is -2.04. The average Bonchev–Trinajstić information content (AvgIpc) is 2.50. The van der Waals surface area contributed by atoms with Crippen molar-refractivity contribution >= 4 is 6.16 Å². The van der Waals surface area contributed by atoms with Crippen LogP contribution in [0.1, 0.15) is 57.4 Å². The maximum atomic E-state index is 10.9. The summed E-state index contributed by atoms with van der Waals surface area (Å²) in [6, 6.07) is 10.7. The molecular formula is C18H28O3. The van der Waals surface area contributed by atoms with Gasteiger partial charge in [-0.25, -0.2) is 4.79 Å². The molecule has 0 aliphatic carbocycles. The van der Waals surface area contributed by atoms with Crippen LogP contribution in [0.4, 0.5) is 4.79 Å². The maximum Gasteiger partial charge on any atom is 0.508 e. The standard InChI is InChI=1S/C18H28O3/c1-2-20-18(19)21-16-12-7-5-3-4-6-9-13-17-14-10-8-11-15-17/h8,10-11,14-15H,2-7,9,12-13,16H2,1H3. The van der Waals surface area contributed by atoms with E-state index < -0.39 is 6.16 Å². The Morgan fingerprint density at radius 1 is 0.857 bits per heavy atom. The van der Waals surface area contributed by atoms with E-state index in [0.29, 0.717) is 13.2 Å². The third-order valence-corrected chi connectivity index (χ3v) is 3.43. The molecule has 0 heterocycles. The summed E-state index contributed by atoms with van der Waals surface area (Å²) < 4.78 is 9.60. The molecule has 0 aliphatic heterocycles. The van der Waals surface area contributed by atoms with Crippen LogP contribution in [0.2, 0.25) is 0 Å². The van der Waals surface area contributed by atoms with Crippen LogP contribution in [0.3, 0.4) is 0 Å². The van der Waals surface area contributed by atoms with Crippen LogP contribution < -0.4 is 0 Å². The van der Waals surface area contributed by atoms with E-state index in [2.05, 4.69) is 35.1 Å². The number of rotatable bonds is 11. The van der Waals surface area contributed by atoms with Crippen molar-refractivity contribution in [2.75, 3.05) is 13.2 Å². The van der Waals surface area contributed by atoms with Gasteiger partial charge >= 0.3 is 6.16 Å². The summed E-state index contributed by atoms with van der Waals surface area (Å²) >= 11 is 0. The molecule has 3 nitrogen and oxygen atoms in total. The van der Waals surface area contributed by atoms with Gasteiger partial charge in [0, 0.05) is 0 Å². The van der Waals surface area contributed by atoms with Crippen LogP contribution in [-0.4, -0.2) is 19.4 Å². The van der Waals surface area contributed by atoms with Gasteiger partial charge in [-0.1, -0.05) is 62.4 Å². The van der Waals surface area contributed by atoms with Crippen molar-refractivity contribution in [1.82, 2.24) is 0 Å². The molecule has 0 fully saturated rings. The second kappa shape index (κ2) is 12.2. The van der Waals surface area contributed by atoms with E-state index in [0.717, 1.165) is 12.8 Å². The highest BCUT2D eigenvalue weighted by atomic mass is 16.7. The molecule has 0 unspecified atom stereocenters. The molecule has 118 valence electrons. The van der Waals surface area contributed by atoms with Crippen LogP contribution >= 0.6 is 0 Å². The van der Waals surface area contributed by atoms with Crippen molar-refractivity contribution in [2.45, 2.75) is 58.3 Å². The summed E-state index contributed by atoms with van der Waals surface area (Å²) in [7, 11) is 0. The van der Waals surface area contributed by atoms with Gasteiger partial charge in [0.15, 0.2) is 0 Å². The molecule has 0 spiro atoms. The molecule has 1 rings (SSSR count). The molecule has 1 aromatic carbocycles. The fourth-order valence-corrected chi connectivity index (χ4v) is 2.27. The molecule has 21 heavy (non-hydrogen) atoms. The maximum absolute atomic E-state index is 10.9. The highest BCUT2D eigenvalue weighted by molar-refractivity contribution is 5.59. The average molecular weight is 292 g/mol. The first-order valence-corrected chi connectivity index (χ1v) is 8.16. The summed E-state index contributed by atoms with van der Waals surface area (Å²) in [6.45, 7) is 2.63. The van der Waals surface area contributed by atoms with Gasteiger partial charge in [-0.3, -0.25) is 0 Å². The zero-order valence-corrected chi connectivity index (χ0v) is 13.2. The molecule has 0 aliphatic rings. The minimum Gasteiger partial charge on any atom is -0.435 e. The number of ether oxygens (including phenoxy) is 2. The predicted octanol–water partition coefficient (Wildman–Crippen LogP) is 5.13. The lowest BCUT2D eigenvalue weighted by molar-refractivity contribution is 0.0578. The van der Waals surface area contributed by atoms with Gasteiger partial charge in [0.1, 0.15) is 0 Å². The third kappa shape index (κ3) is 9.94. The Bertz CT molecular complexity index is 362. The summed E-state index contributed by atoms with van der Waals surface area (Å²) in [4.78, 5) is 10.9. The molecule has 1 aromatic rings. The van der Waals surface area contributed by atoms with E-state index >= 15 is 0 Å². The van der Waals surface area contributed by atoms with E-state index in [1.165, 1.54) is 44.1 Å². The quantitative estimate of drug-likeness (QED) is 0.419. The Morgan fingerprint density at radius 2 is 1.48 bits per heavy atom. The van der Waals surface area contributed by atoms with Gasteiger partial charge in [-0.15, -0.1) is 0 Å². The van der Waals surface area contributed by atoms with Crippen molar-refractivity contribution in [3.8, 4) is 0 Å². The molecule has 0 bridgehead atoms. The van der Waals surface area contributed by atoms with E-state index in [-0.39, 0.29) is 0 Å².